The minimum atomic E-state index is -4.08. The average molecular weight is 416 g/mol. The first-order valence-corrected chi connectivity index (χ1v) is 9.85. The molecule has 142 valence electrons. The molecule has 7 nitrogen and oxygen atoms in total. The van der Waals surface area contributed by atoms with Gasteiger partial charge in [-0.15, -0.1) is 0 Å². The van der Waals surface area contributed by atoms with E-state index in [0.717, 1.165) is 4.68 Å². The molecule has 0 unspecified atom stereocenters. The van der Waals surface area contributed by atoms with E-state index in [4.69, 9.17) is 16.3 Å². The van der Waals surface area contributed by atoms with Crippen LogP contribution in [-0.4, -0.2) is 25.3 Å². The molecule has 3 rings (SSSR count). The first-order valence-electron chi connectivity index (χ1n) is 7.98. The summed E-state index contributed by atoms with van der Waals surface area (Å²) in [5, 5.41) is 13.5. The Balaban J connectivity index is 2.29. The Bertz CT molecular complexity index is 1240. The van der Waals surface area contributed by atoms with E-state index < -0.39 is 15.4 Å². The van der Waals surface area contributed by atoms with Crippen LogP contribution in [0.2, 0.25) is 5.02 Å². The van der Waals surface area contributed by atoms with Crippen LogP contribution in [-0.2, 0) is 9.84 Å². The number of nitrogens with zero attached hydrogens (tertiary/aromatic N) is 3. The van der Waals surface area contributed by atoms with Gasteiger partial charge in [0.1, 0.15) is 17.4 Å². The van der Waals surface area contributed by atoms with Crippen LogP contribution in [0.4, 0.5) is 0 Å². The van der Waals surface area contributed by atoms with Gasteiger partial charge in [0.05, 0.1) is 17.7 Å². The third kappa shape index (κ3) is 3.38. The second kappa shape index (κ2) is 7.46. The quantitative estimate of drug-likeness (QED) is 0.649. The molecule has 1 heterocycles. The molecule has 0 atom stereocenters. The summed E-state index contributed by atoms with van der Waals surface area (Å²) in [6, 6.07) is 13.6. The minimum absolute atomic E-state index is 0.00721. The molecule has 0 saturated carbocycles. The van der Waals surface area contributed by atoms with E-state index in [1.54, 1.807) is 30.3 Å². The summed E-state index contributed by atoms with van der Waals surface area (Å²) in [5.74, 6) is 0.554. The monoisotopic (exact) mass is 415 g/mol. The van der Waals surface area contributed by atoms with E-state index >= 15 is 0 Å². The van der Waals surface area contributed by atoms with Crippen molar-refractivity contribution in [1.29, 1.82) is 5.26 Å². The fraction of sp³-hybridized carbons (Fsp3) is 0.105. The summed E-state index contributed by atoms with van der Waals surface area (Å²) in [5.41, 5.74) is -0.708. The van der Waals surface area contributed by atoms with Gasteiger partial charge in [-0.05, 0) is 55.5 Å². The highest BCUT2D eigenvalue weighted by Crippen LogP contribution is 2.24. The molecule has 9 heteroatoms. The molecule has 0 spiro atoms. The van der Waals surface area contributed by atoms with Gasteiger partial charge in [0.25, 0.3) is 5.56 Å². The lowest BCUT2D eigenvalue weighted by molar-refractivity contribution is 0.414. The molecule has 0 fully saturated rings. The Morgan fingerprint density at radius 1 is 1.11 bits per heavy atom. The number of nitriles is 1. The lowest BCUT2D eigenvalue weighted by Crippen LogP contribution is -2.28. The molecule has 0 aliphatic heterocycles. The highest BCUT2D eigenvalue weighted by atomic mass is 35.5. The van der Waals surface area contributed by atoms with Gasteiger partial charge in [-0.3, -0.25) is 4.79 Å². The molecule has 0 saturated heterocycles. The molecule has 0 amide bonds. The number of halogens is 1. The second-order valence-corrected chi connectivity index (χ2v) is 8.09. The van der Waals surface area contributed by atoms with Crippen LogP contribution in [0.5, 0.6) is 5.75 Å². The minimum Gasteiger partial charge on any atom is -0.497 e. The summed E-state index contributed by atoms with van der Waals surface area (Å²) in [7, 11) is -2.59. The molecule has 1 aromatic heterocycles. The molecule has 0 radical (unpaired) electrons. The fourth-order valence-corrected chi connectivity index (χ4v) is 4.13. The van der Waals surface area contributed by atoms with Crippen molar-refractivity contribution in [1.82, 2.24) is 9.78 Å². The van der Waals surface area contributed by atoms with Crippen molar-refractivity contribution in [2.24, 2.45) is 0 Å². The lowest BCUT2D eigenvalue weighted by atomic mass is 10.2. The second-order valence-electron chi connectivity index (χ2n) is 5.79. The number of ether oxygens (including phenoxy) is 1. The van der Waals surface area contributed by atoms with Crippen LogP contribution >= 0.6 is 11.6 Å². The van der Waals surface area contributed by atoms with Gasteiger partial charge in [0.15, 0.2) is 5.03 Å². The van der Waals surface area contributed by atoms with Gasteiger partial charge in [0.2, 0.25) is 9.84 Å². The molecular formula is C19H14ClN3O4S. The number of rotatable bonds is 4. The Kier molecular flexibility index (Phi) is 5.23. The van der Waals surface area contributed by atoms with Crippen LogP contribution in [0, 0.1) is 18.3 Å². The van der Waals surface area contributed by atoms with E-state index in [1.807, 2.05) is 0 Å². The normalized spacial score (nSPS) is 11.1. The Labute approximate surface area is 166 Å². The Morgan fingerprint density at radius 3 is 2.25 bits per heavy atom. The summed E-state index contributed by atoms with van der Waals surface area (Å²) in [6.07, 6.45) is 0. The van der Waals surface area contributed by atoms with E-state index in [0.29, 0.717) is 16.5 Å². The zero-order valence-corrected chi connectivity index (χ0v) is 16.5. The Morgan fingerprint density at radius 2 is 1.71 bits per heavy atom. The standard InChI is InChI=1S/C19H14ClN3O4S/c1-12-17(11-21)19(24)23(14-5-7-15(27-2)8-6-14)22-18(12)28(25,26)16-9-3-13(20)4-10-16/h3-10H,1-2H3. The predicted molar refractivity (Wildman–Crippen MR) is 103 cm³/mol. The summed E-state index contributed by atoms with van der Waals surface area (Å²) in [4.78, 5) is 12.6. The third-order valence-corrected chi connectivity index (χ3v) is 6.14. The number of hydrogen-bond donors (Lipinski definition) is 0. The van der Waals surface area contributed by atoms with Crippen LogP contribution < -0.4 is 10.3 Å². The van der Waals surface area contributed by atoms with Crippen molar-refractivity contribution in [2.45, 2.75) is 16.8 Å². The maximum absolute atomic E-state index is 13.1. The molecule has 0 aliphatic carbocycles. The molecule has 28 heavy (non-hydrogen) atoms. The maximum atomic E-state index is 13.1. The van der Waals surface area contributed by atoms with E-state index in [-0.39, 0.29) is 21.0 Å². The first-order chi connectivity index (χ1) is 13.3. The predicted octanol–water partition coefficient (Wildman–Crippen LogP) is 2.91. The van der Waals surface area contributed by atoms with Crippen LogP contribution in [0.1, 0.15) is 11.1 Å². The van der Waals surface area contributed by atoms with Gasteiger partial charge in [-0.2, -0.15) is 15.0 Å². The fourth-order valence-electron chi connectivity index (χ4n) is 2.60. The number of sulfone groups is 1. The average Bonchev–Trinajstić information content (AvgIpc) is 2.69. The number of methoxy groups -OCH3 is 1. The molecule has 3 aromatic rings. The van der Waals surface area contributed by atoms with Crippen molar-refractivity contribution in [3.63, 3.8) is 0 Å². The van der Waals surface area contributed by atoms with Crippen LogP contribution in [0.25, 0.3) is 5.69 Å². The van der Waals surface area contributed by atoms with E-state index in [2.05, 4.69) is 5.10 Å². The third-order valence-electron chi connectivity index (χ3n) is 4.10. The van der Waals surface area contributed by atoms with Gasteiger partial charge < -0.3 is 4.74 Å². The lowest BCUT2D eigenvalue weighted by Gasteiger charge is -2.12. The number of hydrogen-bond acceptors (Lipinski definition) is 6. The first kappa shape index (κ1) is 19.6. The SMILES string of the molecule is COc1ccc(-n2nc(S(=O)(=O)c3ccc(Cl)cc3)c(C)c(C#N)c2=O)cc1. The zero-order chi connectivity index (χ0) is 20.5. The largest absolute Gasteiger partial charge is 0.497 e. The molecule has 0 N–H and O–H groups in total. The van der Waals surface area contributed by atoms with Crippen molar-refractivity contribution in [3.8, 4) is 17.5 Å². The van der Waals surface area contributed by atoms with E-state index in [1.165, 1.54) is 38.3 Å². The molecule has 0 bridgehead atoms. The maximum Gasteiger partial charge on any atom is 0.289 e. The van der Waals surface area contributed by atoms with E-state index in [9.17, 15) is 18.5 Å². The van der Waals surface area contributed by atoms with Crippen molar-refractivity contribution >= 4 is 21.4 Å². The Hall–Kier alpha value is -3.15. The van der Waals surface area contributed by atoms with Gasteiger partial charge in [0, 0.05) is 10.6 Å². The van der Waals surface area contributed by atoms with Crippen molar-refractivity contribution in [3.05, 3.63) is 75.0 Å². The molecule has 0 aliphatic rings. The smallest absolute Gasteiger partial charge is 0.289 e. The number of benzene rings is 2. The van der Waals surface area contributed by atoms with Crippen molar-refractivity contribution < 1.29 is 13.2 Å². The van der Waals surface area contributed by atoms with Gasteiger partial charge in [-0.1, -0.05) is 11.6 Å². The topological polar surface area (TPSA) is 102 Å². The van der Waals surface area contributed by atoms with Gasteiger partial charge in [-0.25, -0.2) is 8.42 Å². The van der Waals surface area contributed by atoms with Gasteiger partial charge >= 0.3 is 0 Å². The van der Waals surface area contributed by atoms with Crippen molar-refractivity contribution in [2.75, 3.05) is 7.11 Å². The number of aromatic nitrogens is 2. The molecular weight excluding hydrogens is 402 g/mol. The molecule has 2 aromatic carbocycles. The van der Waals surface area contributed by atoms with Crippen LogP contribution in [0.3, 0.4) is 0 Å². The summed E-state index contributed by atoms with van der Waals surface area (Å²) in [6.45, 7) is 1.38. The van der Waals surface area contributed by atoms with Crippen LogP contribution in [0.15, 0.2) is 63.2 Å². The summed E-state index contributed by atoms with van der Waals surface area (Å²) < 4.78 is 32.1. The summed E-state index contributed by atoms with van der Waals surface area (Å²) >= 11 is 5.83. The highest BCUT2D eigenvalue weighted by Gasteiger charge is 2.27. The zero-order valence-electron chi connectivity index (χ0n) is 14.9. The highest BCUT2D eigenvalue weighted by molar-refractivity contribution is 7.91.